The largest absolute Gasteiger partial charge is 0.508 e. The fraction of sp³-hybridized carbons (Fsp3) is 0. The van der Waals surface area contributed by atoms with E-state index < -0.39 is 0 Å². The summed E-state index contributed by atoms with van der Waals surface area (Å²) in [5.41, 5.74) is 13.6. The minimum absolute atomic E-state index is 0.169. The third-order valence-corrected chi connectivity index (χ3v) is 12.0. The summed E-state index contributed by atoms with van der Waals surface area (Å²) >= 11 is 0. The molecule has 0 aliphatic carbocycles. The van der Waals surface area contributed by atoms with Crippen molar-refractivity contribution in [3.8, 4) is 67.8 Å². The molecule has 0 radical (unpaired) electrons. The average molecular weight is 796 g/mol. The predicted octanol–water partition coefficient (Wildman–Crippen LogP) is 13.8. The standard InChI is InChI=1S/C56H37N5O/c62-46-22-14-17-39(36-46)55-57-58-56(61(55)43-18-2-1-3-19-43)42-32-40(37-15-12-20-44(34-37)59-51-27-8-4-23-47(51)48-24-5-9-28-52(48)59)31-41(33-42)38-16-13-21-45(35-38)60-53-29-10-6-25-49(53)50-26-7-11-30-54(50)60/h1-36,62H. The monoisotopic (exact) mass is 795 g/mol. The number of rotatable bonds is 7. The van der Waals surface area contributed by atoms with Gasteiger partial charge in [-0.3, -0.25) is 4.57 Å². The maximum Gasteiger partial charge on any atom is 0.168 e. The summed E-state index contributed by atoms with van der Waals surface area (Å²) in [6.45, 7) is 0. The molecule has 0 saturated carbocycles. The van der Waals surface area contributed by atoms with Gasteiger partial charge < -0.3 is 14.2 Å². The van der Waals surface area contributed by atoms with Gasteiger partial charge in [-0.25, -0.2) is 0 Å². The van der Waals surface area contributed by atoms with Crippen LogP contribution in [0.15, 0.2) is 218 Å². The fourth-order valence-electron chi connectivity index (χ4n) is 9.27. The van der Waals surface area contributed by atoms with Crippen LogP contribution in [0.25, 0.3) is 106 Å². The van der Waals surface area contributed by atoms with E-state index in [9.17, 15) is 5.11 Å². The number of benzene rings is 9. The predicted molar refractivity (Wildman–Crippen MR) is 253 cm³/mol. The Balaban J connectivity index is 1.09. The number of phenolic OH excluding ortho intramolecular Hbond substituents is 1. The van der Waals surface area contributed by atoms with E-state index in [2.05, 4.69) is 190 Å². The second kappa shape index (κ2) is 14.4. The highest BCUT2D eigenvalue weighted by atomic mass is 16.3. The lowest BCUT2D eigenvalue weighted by molar-refractivity contribution is 0.475. The van der Waals surface area contributed by atoms with Crippen molar-refractivity contribution >= 4 is 43.6 Å². The average Bonchev–Trinajstić information content (AvgIpc) is 4.03. The van der Waals surface area contributed by atoms with Crippen molar-refractivity contribution in [1.29, 1.82) is 0 Å². The smallest absolute Gasteiger partial charge is 0.168 e. The molecule has 3 aromatic heterocycles. The van der Waals surface area contributed by atoms with Gasteiger partial charge in [-0.2, -0.15) is 0 Å². The third-order valence-electron chi connectivity index (χ3n) is 12.0. The van der Waals surface area contributed by atoms with E-state index in [1.807, 2.05) is 30.3 Å². The van der Waals surface area contributed by atoms with E-state index >= 15 is 0 Å². The van der Waals surface area contributed by atoms with Gasteiger partial charge in [0.2, 0.25) is 0 Å². The summed E-state index contributed by atoms with van der Waals surface area (Å²) in [7, 11) is 0. The third kappa shape index (κ3) is 5.80. The van der Waals surface area contributed by atoms with E-state index in [0.29, 0.717) is 11.6 Å². The first-order valence-electron chi connectivity index (χ1n) is 20.8. The minimum Gasteiger partial charge on any atom is -0.508 e. The van der Waals surface area contributed by atoms with Gasteiger partial charge in [-0.15, -0.1) is 10.2 Å². The topological polar surface area (TPSA) is 60.8 Å². The van der Waals surface area contributed by atoms with Gasteiger partial charge in [0.05, 0.1) is 22.1 Å². The van der Waals surface area contributed by atoms with Crippen LogP contribution in [0.5, 0.6) is 5.75 Å². The summed E-state index contributed by atoms with van der Waals surface area (Å²) in [4.78, 5) is 0. The zero-order valence-electron chi connectivity index (χ0n) is 33.5. The van der Waals surface area contributed by atoms with E-state index in [0.717, 1.165) is 72.5 Å². The Morgan fingerprint density at radius 3 is 1.15 bits per heavy atom. The van der Waals surface area contributed by atoms with Crippen molar-refractivity contribution in [2.24, 2.45) is 0 Å². The Bertz CT molecular complexity index is 3390. The molecule has 3 heterocycles. The highest BCUT2D eigenvalue weighted by Crippen LogP contribution is 2.39. The number of hydrogen-bond donors (Lipinski definition) is 1. The molecule has 292 valence electrons. The van der Waals surface area contributed by atoms with Gasteiger partial charge in [0.25, 0.3) is 0 Å². The normalized spacial score (nSPS) is 11.6. The summed E-state index contributed by atoms with van der Waals surface area (Å²) in [6.07, 6.45) is 0. The van der Waals surface area contributed by atoms with Crippen molar-refractivity contribution < 1.29 is 5.11 Å². The van der Waals surface area contributed by atoms with Gasteiger partial charge in [0, 0.05) is 49.7 Å². The molecule has 0 saturated heterocycles. The van der Waals surface area contributed by atoms with Crippen LogP contribution in [0.4, 0.5) is 0 Å². The van der Waals surface area contributed by atoms with E-state index in [-0.39, 0.29) is 5.75 Å². The van der Waals surface area contributed by atoms with Crippen molar-refractivity contribution in [3.63, 3.8) is 0 Å². The van der Waals surface area contributed by atoms with Crippen molar-refractivity contribution in [2.45, 2.75) is 0 Å². The summed E-state index contributed by atoms with van der Waals surface area (Å²) in [6, 6.07) is 76.2. The van der Waals surface area contributed by atoms with Crippen LogP contribution in [0, 0.1) is 0 Å². The Kier molecular flexibility index (Phi) is 8.22. The fourth-order valence-corrected chi connectivity index (χ4v) is 9.27. The molecule has 6 nitrogen and oxygen atoms in total. The number of fused-ring (bicyclic) bond motifs is 6. The van der Waals surface area contributed by atoms with Gasteiger partial charge >= 0.3 is 0 Å². The van der Waals surface area contributed by atoms with E-state index in [1.54, 1.807) is 12.1 Å². The number of hydrogen-bond acceptors (Lipinski definition) is 3. The first kappa shape index (κ1) is 35.5. The maximum absolute atomic E-state index is 10.5. The van der Waals surface area contributed by atoms with Crippen LogP contribution in [-0.2, 0) is 0 Å². The Labute approximate surface area is 357 Å². The molecule has 9 aromatic carbocycles. The molecule has 0 aliphatic heterocycles. The van der Waals surface area contributed by atoms with Crippen molar-refractivity contribution in [2.75, 3.05) is 0 Å². The van der Waals surface area contributed by atoms with Gasteiger partial charge in [0.1, 0.15) is 5.75 Å². The van der Waals surface area contributed by atoms with Crippen LogP contribution in [0.3, 0.4) is 0 Å². The molecule has 1 N–H and O–H groups in total. The Morgan fingerprint density at radius 2 is 0.661 bits per heavy atom. The molecule has 0 atom stereocenters. The number of aromatic hydroxyl groups is 1. The van der Waals surface area contributed by atoms with E-state index in [4.69, 9.17) is 10.2 Å². The molecule has 0 fully saturated rings. The second-order valence-corrected chi connectivity index (χ2v) is 15.7. The highest BCUT2D eigenvalue weighted by Gasteiger charge is 2.21. The molecule has 0 bridgehead atoms. The lowest BCUT2D eigenvalue weighted by atomic mass is 9.95. The van der Waals surface area contributed by atoms with Gasteiger partial charge in [0.15, 0.2) is 11.6 Å². The summed E-state index contributed by atoms with van der Waals surface area (Å²) < 4.78 is 6.81. The number of aromatic nitrogens is 5. The lowest BCUT2D eigenvalue weighted by Crippen LogP contribution is -2.01. The first-order valence-corrected chi connectivity index (χ1v) is 20.8. The summed E-state index contributed by atoms with van der Waals surface area (Å²) in [5, 5.41) is 25.1. The van der Waals surface area contributed by atoms with Crippen molar-refractivity contribution in [1.82, 2.24) is 23.9 Å². The molecule has 0 spiro atoms. The van der Waals surface area contributed by atoms with Crippen LogP contribution in [0.1, 0.15) is 0 Å². The van der Waals surface area contributed by atoms with Crippen molar-refractivity contribution in [3.05, 3.63) is 218 Å². The molecule has 0 aliphatic rings. The zero-order valence-corrected chi connectivity index (χ0v) is 33.5. The summed E-state index contributed by atoms with van der Waals surface area (Å²) in [5.74, 6) is 1.49. The SMILES string of the molecule is Oc1cccc(-c2nnc(-c3cc(-c4cccc(-n5c6ccccc6c6ccccc65)c4)cc(-c4cccc(-n5c6ccccc6c6ccccc65)c4)c3)n2-c2ccccc2)c1. The number of nitrogens with zero attached hydrogens (tertiary/aromatic N) is 5. The van der Waals surface area contributed by atoms with Crippen LogP contribution < -0.4 is 0 Å². The van der Waals surface area contributed by atoms with Crippen LogP contribution >= 0.6 is 0 Å². The molecule has 6 heteroatoms. The molecule has 62 heavy (non-hydrogen) atoms. The van der Waals surface area contributed by atoms with Crippen LogP contribution in [0.2, 0.25) is 0 Å². The molecule has 0 amide bonds. The second-order valence-electron chi connectivity index (χ2n) is 15.7. The number of para-hydroxylation sites is 5. The van der Waals surface area contributed by atoms with Crippen LogP contribution in [-0.4, -0.2) is 29.0 Å². The molecular formula is C56H37N5O. The molecular weight excluding hydrogens is 759 g/mol. The maximum atomic E-state index is 10.5. The minimum atomic E-state index is 0.169. The van der Waals surface area contributed by atoms with E-state index in [1.165, 1.54) is 21.5 Å². The Morgan fingerprint density at radius 1 is 0.274 bits per heavy atom. The lowest BCUT2D eigenvalue weighted by Gasteiger charge is -2.15. The highest BCUT2D eigenvalue weighted by molar-refractivity contribution is 6.10. The van der Waals surface area contributed by atoms with Gasteiger partial charge in [-0.05, 0) is 113 Å². The quantitative estimate of drug-likeness (QED) is 0.175. The molecule has 0 unspecified atom stereocenters. The van der Waals surface area contributed by atoms with Gasteiger partial charge in [-0.1, -0.05) is 127 Å². The molecule has 12 rings (SSSR count). The zero-order chi connectivity index (χ0) is 41.1. The first-order chi connectivity index (χ1) is 30.7. The molecule has 12 aromatic rings. The number of phenols is 1. The Hall–Kier alpha value is -8.48.